The van der Waals surface area contributed by atoms with Crippen molar-refractivity contribution in [3.05, 3.63) is 0 Å². The van der Waals surface area contributed by atoms with Crippen molar-refractivity contribution in [3.8, 4) is 0 Å². The van der Waals surface area contributed by atoms with E-state index in [1.165, 1.54) is 25.9 Å². The lowest BCUT2D eigenvalue weighted by Crippen LogP contribution is -2.47. The largest absolute Gasteiger partial charge is 0.311 e. The molecule has 1 saturated heterocycles. The monoisotopic (exact) mass is 260 g/mol. The Morgan fingerprint density at radius 3 is 2.35 bits per heavy atom. The van der Waals surface area contributed by atoms with Crippen LogP contribution in [-0.4, -0.2) is 52.3 Å². The summed E-state index contributed by atoms with van der Waals surface area (Å²) in [5.41, 5.74) is 0. The normalized spacial score (nSPS) is 22.9. The Morgan fingerprint density at radius 2 is 1.88 bits per heavy atom. The van der Waals surface area contributed by atoms with E-state index in [0.29, 0.717) is 18.1 Å². The molecule has 3 nitrogen and oxygen atoms in total. The van der Waals surface area contributed by atoms with E-state index in [4.69, 9.17) is 0 Å². The van der Waals surface area contributed by atoms with Crippen molar-refractivity contribution in [2.24, 2.45) is 0 Å². The van der Waals surface area contributed by atoms with Gasteiger partial charge in [-0.05, 0) is 53.1 Å². The van der Waals surface area contributed by atoms with Crippen molar-refractivity contribution < 1.29 is 4.21 Å². The van der Waals surface area contributed by atoms with Crippen LogP contribution in [-0.2, 0) is 10.8 Å². The molecular formula is C13H28N2OS. The lowest BCUT2D eigenvalue weighted by molar-refractivity contribution is 0.157. The summed E-state index contributed by atoms with van der Waals surface area (Å²) in [5.74, 6) is 0.818. The molecule has 0 amide bonds. The van der Waals surface area contributed by atoms with Gasteiger partial charge in [-0.2, -0.15) is 0 Å². The number of likely N-dealkylation sites (tertiary alicyclic amines) is 1. The molecule has 1 fully saturated rings. The standard InChI is InChI=1S/C13H28N2OS/c1-11(2)15-8-5-13(6-9-15)14-12(3)7-10-17(4)16/h11-14H,5-10H2,1-4H3. The summed E-state index contributed by atoms with van der Waals surface area (Å²) < 4.78 is 11.0. The van der Waals surface area contributed by atoms with Gasteiger partial charge in [-0.1, -0.05) is 0 Å². The van der Waals surface area contributed by atoms with E-state index >= 15 is 0 Å². The van der Waals surface area contributed by atoms with Crippen molar-refractivity contribution in [1.29, 1.82) is 0 Å². The first kappa shape index (κ1) is 15.1. The van der Waals surface area contributed by atoms with E-state index in [2.05, 4.69) is 31.0 Å². The third-order valence-corrected chi connectivity index (χ3v) is 4.43. The number of hydrogen-bond acceptors (Lipinski definition) is 3. The average Bonchev–Trinajstić information content (AvgIpc) is 2.27. The zero-order valence-electron chi connectivity index (χ0n) is 11.7. The SMILES string of the molecule is CC(CCS(C)=O)NC1CCN(C(C)C)CC1. The maximum atomic E-state index is 11.0. The second-order valence-electron chi connectivity index (χ2n) is 5.54. The Bertz CT molecular complexity index is 238. The minimum atomic E-state index is -0.653. The van der Waals surface area contributed by atoms with E-state index in [9.17, 15) is 4.21 Å². The highest BCUT2D eigenvalue weighted by Crippen LogP contribution is 2.13. The fraction of sp³-hybridized carbons (Fsp3) is 1.00. The summed E-state index contributed by atoms with van der Waals surface area (Å²) in [6.07, 6.45) is 5.30. The van der Waals surface area contributed by atoms with Gasteiger partial charge in [0, 0.05) is 40.9 Å². The Hall–Kier alpha value is 0.0700. The lowest BCUT2D eigenvalue weighted by Gasteiger charge is -2.36. The first-order valence-corrected chi connectivity index (χ1v) is 8.52. The van der Waals surface area contributed by atoms with Crippen LogP contribution in [0.15, 0.2) is 0 Å². The highest BCUT2D eigenvalue weighted by Gasteiger charge is 2.21. The van der Waals surface area contributed by atoms with Gasteiger partial charge >= 0.3 is 0 Å². The second-order valence-corrected chi connectivity index (χ2v) is 7.09. The highest BCUT2D eigenvalue weighted by molar-refractivity contribution is 7.84. The summed E-state index contributed by atoms with van der Waals surface area (Å²) in [6.45, 7) is 9.17. The van der Waals surface area contributed by atoms with Crippen molar-refractivity contribution in [2.45, 2.75) is 58.2 Å². The van der Waals surface area contributed by atoms with E-state index in [1.54, 1.807) is 6.26 Å². The maximum Gasteiger partial charge on any atom is 0.0246 e. The molecule has 1 N–H and O–H groups in total. The lowest BCUT2D eigenvalue weighted by atomic mass is 10.0. The number of nitrogens with zero attached hydrogens (tertiary/aromatic N) is 1. The van der Waals surface area contributed by atoms with Crippen LogP contribution in [0.3, 0.4) is 0 Å². The highest BCUT2D eigenvalue weighted by atomic mass is 32.2. The molecule has 0 bridgehead atoms. The third-order valence-electron chi connectivity index (χ3n) is 3.62. The second kappa shape index (κ2) is 7.49. The molecule has 0 aromatic heterocycles. The quantitative estimate of drug-likeness (QED) is 0.787. The van der Waals surface area contributed by atoms with Gasteiger partial charge in [0.05, 0.1) is 0 Å². The zero-order chi connectivity index (χ0) is 12.8. The Labute approximate surface area is 109 Å². The minimum Gasteiger partial charge on any atom is -0.311 e. The summed E-state index contributed by atoms with van der Waals surface area (Å²) in [7, 11) is -0.653. The van der Waals surface area contributed by atoms with Gasteiger partial charge < -0.3 is 10.2 Å². The number of hydrogen-bond donors (Lipinski definition) is 1. The van der Waals surface area contributed by atoms with Crippen molar-refractivity contribution >= 4 is 10.8 Å². The molecule has 0 spiro atoms. The van der Waals surface area contributed by atoms with Crippen LogP contribution in [0.1, 0.15) is 40.0 Å². The molecule has 1 heterocycles. The predicted molar refractivity (Wildman–Crippen MR) is 75.9 cm³/mol. The van der Waals surface area contributed by atoms with E-state index in [-0.39, 0.29) is 0 Å². The molecule has 1 rings (SSSR count). The fourth-order valence-corrected chi connectivity index (χ4v) is 3.10. The van der Waals surface area contributed by atoms with Gasteiger partial charge in [0.2, 0.25) is 0 Å². The third kappa shape index (κ3) is 5.98. The van der Waals surface area contributed by atoms with E-state index < -0.39 is 10.8 Å². The van der Waals surface area contributed by atoms with Gasteiger partial charge in [0.1, 0.15) is 0 Å². The first-order valence-electron chi connectivity index (χ1n) is 6.79. The molecule has 0 aromatic carbocycles. The zero-order valence-corrected chi connectivity index (χ0v) is 12.6. The molecule has 0 aliphatic carbocycles. The molecule has 102 valence electrons. The van der Waals surface area contributed by atoms with E-state index in [1.807, 2.05) is 0 Å². The van der Waals surface area contributed by atoms with Crippen molar-refractivity contribution in [1.82, 2.24) is 10.2 Å². The number of nitrogens with one attached hydrogen (secondary N) is 1. The van der Waals surface area contributed by atoms with Gasteiger partial charge in [0.15, 0.2) is 0 Å². The molecule has 4 heteroatoms. The topological polar surface area (TPSA) is 32.3 Å². The molecule has 2 unspecified atom stereocenters. The molecule has 0 radical (unpaired) electrons. The molecule has 2 atom stereocenters. The van der Waals surface area contributed by atoms with Crippen LogP contribution in [0.25, 0.3) is 0 Å². The summed E-state index contributed by atoms with van der Waals surface area (Å²) >= 11 is 0. The smallest absolute Gasteiger partial charge is 0.0246 e. The summed E-state index contributed by atoms with van der Waals surface area (Å²) in [6, 6.07) is 1.83. The van der Waals surface area contributed by atoms with Gasteiger partial charge in [-0.3, -0.25) is 4.21 Å². The van der Waals surface area contributed by atoms with Crippen LogP contribution < -0.4 is 5.32 Å². The van der Waals surface area contributed by atoms with Crippen LogP contribution >= 0.6 is 0 Å². The molecule has 17 heavy (non-hydrogen) atoms. The number of rotatable bonds is 6. The van der Waals surface area contributed by atoms with Crippen molar-refractivity contribution in [2.75, 3.05) is 25.1 Å². The Morgan fingerprint density at radius 1 is 1.29 bits per heavy atom. The van der Waals surface area contributed by atoms with Gasteiger partial charge in [-0.25, -0.2) is 0 Å². The average molecular weight is 260 g/mol. The van der Waals surface area contributed by atoms with Gasteiger partial charge in [-0.15, -0.1) is 0 Å². The summed E-state index contributed by atoms with van der Waals surface area (Å²) in [5, 5.41) is 3.67. The van der Waals surface area contributed by atoms with Crippen LogP contribution in [0, 0.1) is 0 Å². The molecule has 0 aromatic rings. The fourth-order valence-electron chi connectivity index (χ4n) is 2.41. The van der Waals surface area contributed by atoms with Crippen LogP contribution in [0.2, 0.25) is 0 Å². The van der Waals surface area contributed by atoms with Crippen molar-refractivity contribution in [3.63, 3.8) is 0 Å². The molecular weight excluding hydrogens is 232 g/mol. The molecule has 1 aliphatic rings. The Balaban J connectivity index is 2.19. The predicted octanol–water partition coefficient (Wildman–Crippen LogP) is 1.61. The van der Waals surface area contributed by atoms with Crippen LogP contribution in [0.5, 0.6) is 0 Å². The minimum absolute atomic E-state index is 0.495. The Kier molecular flexibility index (Phi) is 6.67. The van der Waals surface area contributed by atoms with E-state index in [0.717, 1.165) is 12.2 Å². The summed E-state index contributed by atoms with van der Waals surface area (Å²) in [4.78, 5) is 2.55. The molecule has 0 saturated carbocycles. The van der Waals surface area contributed by atoms with Gasteiger partial charge in [0.25, 0.3) is 0 Å². The van der Waals surface area contributed by atoms with Crippen LogP contribution in [0.4, 0.5) is 0 Å². The first-order chi connectivity index (χ1) is 7.99. The molecule has 1 aliphatic heterocycles. The number of piperidine rings is 1. The maximum absolute atomic E-state index is 11.0.